The third-order valence-electron chi connectivity index (χ3n) is 2.09. The number of hydrogen-bond donors (Lipinski definition) is 2. The fourth-order valence-corrected chi connectivity index (χ4v) is 1.66. The standard InChI is InChI=1S/C10H12ClN5/c1-6-8(5-16(2)15-6)13-10-4-7(12)3-9(11)14-10/h3-5H,1-2H3,(H3,12,13,14). The lowest BCUT2D eigenvalue weighted by Crippen LogP contribution is -1.96. The van der Waals surface area contributed by atoms with Crippen molar-refractivity contribution >= 4 is 28.8 Å². The van der Waals surface area contributed by atoms with Crippen LogP contribution in [0.5, 0.6) is 0 Å². The topological polar surface area (TPSA) is 68.8 Å². The van der Waals surface area contributed by atoms with Crippen molar-refractivity contribution in [3.8, 4) is 0 Å². The fraction of sp³-hybridized carbons (Fsp3) is 0.200. The van der Waals surface area contributed by atoms with E-state index in [1.54, 1.807) is 16.8 Å². The van der Waals surface area contributed by atoms with Crippen molar-refractivity contribution in [2.45, 2.75) is 6.92 Å². The summed E-state index contributed by atoms with van der Waals surface area (Å²) in [5.74, 6) is 0.612. The Hall–Kier alpha value is -1.75. The summed E-state index contributed by atoms with van der Waals surface area (Å²) in [6.07, 6.45) is 1.87. The van der Waals surface area contributed by atoms with Crippen molar-refractivity contribution in [3.05, 3.63) is 29.2 Å². The third kappa shape index (κ3) is 2.25. The van der Waals surface area contributed by atoms with E-state index in [1.807, 2.05) is 20.2 Å². The number of aryl methyl sites for hydroxylation is 2. The maximum atomic E-state index is 5.81. The Balaban J connectivity index is 2.30. The van der Waals surface area contributed by atoms with Crippen molar-refractivity contribution in [2.24, 2.45) is 7.05 Å². The van der Waals surface area contributed by atoms with Crippen LogP contribution in [-0.2, 0) is 7.05 Å². The van der Waals surface area contributed by atoms with E-state index in [2.05, 4.69) is 15.4 Å². The Morgan fingerprint density at radius 3 is 2.75 bits per heavy atom. The van der Waals surface area contributed by atoms with Crippen LogP contribution in [0.25, 0.3) is 0 Å². The first-order valence-electron chi connectivity index (χ1n) is 4.75. The number of nitrogens with one attached hydrogen (secondary N) is 1. The predicted octanol–water partition coefficient (Wildman–Crippen LogP) is 2.10. The van der Waals surface area contributed by atoms with E-state index in [0.29, 0.717) is 16.7 Å². The van der Waals surface area contributed by atoms with Crippen LogP contribution in [0.1, 0.15) is 5.69 Å². The molecule has 0 fully saturated rings. The molecule has 0 unspecified atom stereocenters. The zero-order chi connectivity index (χ0) is 11.7. The summed E-state index contributed by atoms with van der Waals surface area (Å²) in [7, 11) is 1.86. The van der Waals surface area contributed by atoms with Crippen LogP contribution in [0.2, 0.25) is 5.15 Å². The first-order valence-corrected chi connectivity index (χ1v) is 5.13. The van der Waals surface area contributed by atoms with Gasteiger partial charge >= 0.3 is 0 Å². The third-order valence-corrected chi connectivity index (χ3v) is 2.29. The molecule has 0 aliphatic heterocycles. The number of aromatic nitrogens is 3. The van der Waals surface area contributed by atoms with Crippen LogP contribution in [-0.4, -0.2) is 14.8 Å². The van der Waals surface area contributed by atoms with Crippen LogP contribution in [0, 0.1) is 6.92 Å². The van der Waals surface area contributed by atoms with E-state index >= 15 is 0 Å². The van der Waals surface area contributed by atoms with Gasteiger partial charge in [0.25, 0.3) is 0 Å². The van der Waals surface area contributed by atoms with Crippen molar-refractivity contribution < 1.29 is 0 Å². The molecule has 0 atom stereocenters. The van der Waals surface area contributed by atoms with E-state index in [-0.39, 0.29) is 0 Å². The van der Waals surface area contributed by atoms with Crippen LogP contribution in [0.4, 0.5) is 17.2 Å². The number of nitrogen functional groups attached to an aromatic ring is 1. The van der Waals surface area contributed by atoms with Gasteiger partial charge < -0.3 is 11.1 Å². The molecule has 84 valence electrons. The zero-order valence-electron chi connectivity index (χ0n) is 9.03. The van der Waals surface area contributed by atoms with Gasteiger partial charge in [0.05, 0.1) is 11.4 Å². The SMILES string of the molecule is Cc1nn(C)cc1Nc1cc(N)cc(Cl)n1. The number of pyridine rings is 1. The molecule has 0 amide bonds. The Bertz CT molecular complexity index is 500. The molecule has 2 heterocycles. The fourth-order valence-electron chi connectivity index (χ4n) is 1.44. The van der Waals surface area contributed by atoms with Crippen LogP contribution in [0.3, 0.4) is 0 Å². The number of halogens is 1. The summed E-state index contributed by atoms with van der Waals surface area (Å²) < 4.78 is 1.73. The van der Waals surface area contributed by atoms with Gasteiger partial charge in [0.1, 0.15) is 11.0 Å². The van der Waals surface area contributed by atoms with Gasteiger partial charge in [0.15, 0.2) is 0 Å². The molecule has 2 aromatic rings. The van der Waals surface area contributed by atoms with Crippen molar-refractivity contribution in [1.82, 2.24) is 14.8 Å². The molecule has 2 aromatic heterocycles. The summed E-state index contributed by atoms with van der Waals surface area (Å²) in [6, 6.07) is 3.32. The van der Waals surface area contributed by atoms with E-state index in [4.69, 9.17) is 17.3 Å². The molecule has 3 N–H and O–H groups in total. The number of nitrogens with two attached hydrogens (primary N) is 1. The smallest absolute Gasteiger partial charge is 0.134 e. The molecule has 0 spiro atoms. The minimum Gasteiger partial charge on any atom is -0.399 e. The van der Waals surface area contributed by atoms with E-state index in [0.717, 1.165) is 11.4 Å². The average molecular weight is 238 g/mol. The molecule has 0 saturated heterocycles. The van der Waals surface area contributed by atoms with Crippen molar-refractivity contribution in [2.75, 3.05) is 11.1 Å². The van der Waals surface area contributed by atoms with Crippen LogP contribution < -0.4 is 11.1 Å². The molecular formula is C10H12ClN5. The van der Waals surface area contributed by atoms with E-state index in [1.165, 1.54) is 0 Å². The average Bonchev–Trinajstić information content (AvgIpc) is 2.43. The summed E-state index contributed by atoms with van der Waals surface area (Å²) >= 11 is 5.81. The highest BCUT2D eigenvalue weighted by Crippen LogP contribution is 2.21. The molecule has 2 rings (SSSR count). The van der Waals surface area contributed by atoms with Crippen LogP contribution in [0.15, 0.2) is 18.3 Å². The molecule has 5 nitrogen and oxygen atoms in total. The molecule has 0 bridgehead atoms. The lowest BCUT2D eigenvalue weighted by atomic mass is 10.3. The zero-order valence-corrected chi connectivity index (χ0v) is 9.78. The monoisotopic (exact) mass is 237 g/mol. The van der Waals surface area contributed by atoms with Gasteiger partial charge in [-0.2, -0.15) is 5.10 Å². The number of hydrogen-bond acceptors (Lipinski definition) is 4. The van der Waals surface area contributed by atoms with Crippen molar-refractivity contribution in [3.63, 3.8) is 0 Å². The van der Waals surface area contributed by atoms with E-state index < -0.39 is 0 Å². The Morgan fingerprint density at radius 2 is 2.19 bits per heavy atom. The quantitative estimate of drug-likeness (QED) is 0.785. The highest BCUT2D eigenvalue weighted by Gasteiger charge is 2.05. The molecule has 0 saturated carbocycles. The van der Waals surface area contributed by atoms with Gasteiger partial charge in [-0.15, -0.1) is 0 Å². The second-order valence-corrected chi connectivity index (χ2v) is 3.92. The molecule has 0 radical (unpaired) electrons. The lowest BCUT2D eigenvalue weighted by Gasteiger charge is -2.05. The summed E-state index contributed by atoms with van der Waals surface area (Å²) in [4.78, 5) is 4.12. The molecule has 0 aliphatic rings. The van der Waals surface area contributed by atoms with Gasteiger partial charge in [-0.3, -0.25) is 4.68 Å². The Kier molecular flexibility index (Phi) is 2.70. The van der Waals surface area contributed by atoms with Gasteiger partial charge in [-0.25, -0.2) is 4.98 Å². The van der Waals surface area contributed by atoms with Gasteiger partial charge in [-0.05, 0) is 13.0 Å². The Labute approximate surface area is 98.2 Å². The maximum absolute atomic E-state index is 5.81. The van der Waals surface area contributed by atoms with Crippen LogP contribution >= 0.6 is 11.6 Å². The minimum atomic E-state index is 0.365. The number of rotatable bonds is 2. The van der Waals surface area contributed by atoms with E-state index in [9.17, 15) is 0 Å². The summed E-state index contributed by atoms with van der Waals surface area (Å²) in [5.41, 5.74) is 8.02. The van der Waals surface area contributed by atoms with Crippen molar-refractivity contribution in [1.29, 1.82) is 0 Å². The molecular weight excluding hydrogens is 226 g/mol. The largest absolute Gasteiger partial charge is 0.399 e. The number of anilines is 3. The second kappa shape index (κ2) is 4.02. The summed E-state index contributed by atoms with van der Waals surface area (Å²) in [5, 5.41) is 7.69. The molecule has 6 heteroatoms. The van der Waals surface area contributed by atoms with Gasteiger partial charge in [-0.1, -0.05) is 11.6 Å². The Morgan fingerprint density at radius 1 is 1.44 bits per heavy atom. The first-order chi connectivity index (χ1) is 7.54. The van der Waals surface area contributed by atoms with Gasteiger partial charge in [0, 0.05) is 25.0 Å². The highest BCUT2D eigenvalue weighted by molar-refractivity contribution is 6.29. The lowest BCUT2D eigenvalue weighted by molar-refractivity contribution is 0.756. The minimum absolute atomic E-state index is 0.365. The van der Waals surface area contributed by atoms with Gasteiger partial charge in [0.2, 0.25) is 0 Å². The second-order valence-electron chi connectivity index (χ2n) is 3.54. The highest BCUT2D eigenvalue weighted by atomic mass is 35.5. The summed E-state index contributed by atoms with van der Waals surface area (Å²) in [6.45, 7) is 1.91. The predicted molar refractivity (Wildman–Crippen MR) is 64.9 cm³/mol. The maximum Gasteiger partial charge on any atom is 0.134 e. The normalized spacial score (nSPS) is 10.4. The molecule has 16 heavy (non-hydrogen) atoms. The molecule has 0 aliphatic carbocycles. The number of nitrogens with zero attached hydrogens (tertiary/aromatic N) is 3. The first kappa shape index (κ1) is 10.8. The molecule has 0 aromatic carbocycles.